The van der Waals surface area contributed by atoms with Crippen LogP contribution in [0.15, 0.2) is 12.4 Å². The number of rotatable bonds is 6. The molecule has 0 aliphatic heterocycles. The van der Waals surface area contributed by atoms with Crippen molar-refractivity contribution >= 4 is 5.97 Å². The van der Waals surface area contributed by atoms with Gasteiger partial charge in [0.15, 0.2) is 0 Å². The molecule has 15 heavy (non-hydrogen) atoms. The fraction of sp³-hybridized carbons (Fsp3) is 0.600. The number of aliphatic carboxylic acids is 1. The van der Waals surface area contributed by atoms with E-state index >= 15 is 0 Å². The van der Waals surface area contributed by atoms with Crippen molar-refractivity contribution in [1.82, 2.24) is 15.1 Å². The van der Waals surface area contributed by atoms with Crippen molar-refractivity contribution in [1.29, 1.82) is 0 Å². The zero-order chi connectivity index (χ0) is 11.3. The fourth-order valence-corrected chi connectivity index (χ4v) is 1.41. The second-order valence-electron chi connectivity index (χ2n) is 3.58. The van der Waals surface area contributed by atoms with Gasteiger partial charge in [0.2, 0.25) is 0 Å². The minimum atomic E-state index is -0.791. The molecule has 0 fully saturated rings. The molecule has 1 aromatic rings. The van der Waals surface area contributed by atoms with Crippen LogP contribution < -0.4 is 5.32 Å². The second-order valence-corrected chi connectivity index (χ2v) is 3.58. The van der Waals surface area contributed by atoms with E-state index in [-0.39, 0.29) is 0 Å². The van der Waals surface area contributed by atoms with Crippen LogP contribution in [0.2, 0.25) is 0 Å². The summed E-state index contributed by atoms with van der Waals surface area (Å²) in [6.07, 6.45) is 5.11. The largest absolute Gasteiger partial charge is 0.480 e. The average molecular weight is 211 g/mol. The van der Waals surface area contributed by atoms with Crippen molar-refractivity contribution < 1.29 is 9.90 Å². The molecule has 0 bridgehead atoms. The molecule has 0 saturated heterocycles. The number of nitrogens with zero attached hydrogens (tertiary/aromatic N) is 2. The highest BCUT2D eigenvalue weighted by atomic mass is 16.4. The van der Waals surface area contributed by atoms with Crippen molar-refractivity contribution in [2.45, 2.75) is 32.4 Å². The maximum Gasteiger partial charge on any atom is 0.320 e. The van der Waals surface area contributed by atoms with Crippen molar-refractivity contribution in [3.8, 4) is 0 Å². The maximum absolute atomic E-state index is 10.8. The molecule has 0 amide bonds. The lowest BCUT2D eigenvalue weighted by atomic mass is 10.1. The molecule has 0 aromatic carbocycles. The molecule has 1 aromatic heterocycles. The average Bonchev–Trinajstić information content (AvgIpc) is 2.58. The first-order valence-electron chi connectivity index (χ1n) is 5.07. The lowest BCUT2D eigenvalue weighted by Gasteiger charge is -2.12. The van der Waals surface area contributed by atoms with Crippen LogP contribution in [0.3, 0.4) is 0 Å². The lowest BCUT2D eigenvalue weighted by molar-refractivity contribution is -0.139. The minimum absolute atomic E-state index is 0.463. The Morgan fingerprint density at radius 3 is 2.93 bits per heavy atom. The third kappa shape index (κ3) is 3.71. The van der Waals surface area contributed by atoms with Crippen LogP contribution in [0.25, 0.3) is 0 Å². The van der Waals surface area contributed by atoms with Gasteiger partial charge in [-0.15, -0.1) is 0 Å². The van der Waals surface area contributed by atoms with E-state index in [0.29, 0.717) is 13.0 Å². The zero-order valence-electron chi connectivity index (χ0n) is 9.10. The molecule has 1 atom stereocenters. The number of aromatic nitrogens is 2. The number of aryl methyl sites for hydroxylation is 1. The molecule has 5 heteroatoms. The van der Waals surface area contributed by atoms with E-state index in [0.717, 1.165) is 12.0 Å². The van der Waals surface area contributed by atoms with Crippen LogP contribution in [0.1, 0.15) is 25.3 Å². The molecule has 0 spiro atoms. The first-order valence-corrected chi connectivity index (χ1v) is 5.07. The van der Waals surface area contributed by atoms with Crippen LogP contribution in [0.4, 0.5) is 0 Å². The van der Waals surface area contributed by atoms with E-state index in [1.165, 1.54) is 0 Å². The highest BCUT2D eigenvalue weighted by molar-refractivity contribution is 5.73. The SMILES string of the molecule is CCCC(NCc1cnn(C)c1)C(=O)O. The van der Waals surface area contributed by atoms with Gasteiger partial charge in [-0.2, -0.15) is 5.10 Å². The summed E-state index contributed by atoms with van der Waals surface area (Å²) in [5.74, 6) is -0.791. The normalized spacial score (nSPS) is 12.7. The summed E-state index contributed by atoms with van der Waals surface area (Å²) in [4.78, 5) is 10.8. The van der Waals surface area contributed by atoms with E-state index in [1.807, 2.05) is 20.2 Å². The van der Waals surface area contributed by atoms with Crippen LogP contribution >= 0.6 is 0 Å². The van der Waals surface area contributed by atoms with Gasteiger partial charge in [-0.3, -0.25) is 9.48 Å². The summed E-state index contributed by atoms with van der Waals surface area (Å²) >= 11 is 0. The molecular formula is C10H17N3O2. The Labute approximate surface area is 89.1 Å². The Morgan fingerprint density at radius 2 is 2.47 bits per heavy atom. The topological polar surface area (TPSA) is 67.2 Å². The predicted molar refractivity (Wildman–Crippen MR) is 56.4 cm³/mol. The summed E-state index contributed by atoms with van der Waals surface area (Å²) in [5, 5.41) is 15.9. The molecule has 5 nitrogen and oxygen atoms in total. The Morgan fingerprint density at radius 1 is 1.73 bits per heavy atom. The van der Waals surface area contributed by atoms with Crippen LogP contribution in [-0.4, -0.2) is 26.9 Å². The molecule has 0 aliphatic rings. The molecule has 0 radical (unpaired) electrons. The van der Waals surface area contributed by atoms with Gasteiger partial charge < -0.3 is 10.4 Å². The molecule has 84 valence electrons. The maximum atomic E-state index is 10.8. The van der Waals surface area contributed by atoms with E-state index in [9.17, 15) is 4.79 Å². The van der Waals surface area contributed by atoms with E-state index in [1.54, 1.807) is 10.9 Å². The minimum Gasteiger partial charge on any atom is -0.480 e. The molecule has 2 N–H and O–H groups in total. The highest BCUT2D eigenvalue weighted by Crippen LogP contribution is 2.00. The van der Waals surface area contributed by atoms with Crippen LogP contribution in [-0.2, 0) is 18.4 Å². The summed E-state index contributed by atoms with van der Waals surface area (Å²) in [7, 11) is 1.84. The fourth-order valence-electron chi connectivity index (χ4n) is 1.41. The number of hydrogen-bond donors (Lipinski definition) is 2. The van der Waals surface area contributed by atoms with Crippen molar-refractivity contribution in [2.24, 2.45) is 7.05 Å². The number of carboxylic acid groups (broad SMARTS) is 1. The van der Waals surface area contributed by atoms with Crippen molar-refractivity contribution in [3.63, 3.8) is 0 Å². The molecule has 1 heterocycles. The summed E-state index contributed by atoms with van der Waals surface area (Å²) in [5.41, 5.74) is 1.000. The quantitative estimate of drug-likeness (QED) is 0.729. The standard InChI is InChI=1S/C10H17N3O2/c1-3-4-9(10(14)15)11-5-8-6-12-13(2)7-8/h6-7,9,11H,3-5H2,1-2H3,(H,14,15). The monoisotopic (exact) mass is 211 g/mol. The third-order valence-corrected chi connectivity index (χ3v) is 2.19. The number of nitrogens with one attached hydrogen (secondary N) is 1. The zero-order valence-corrected chi connectivity index (χ0v) is 9.10. The van der Waals surface area contributed by atoms with Gasteiger partial charge in [-0.1, -0.05) is 13.3 Å². The van der Waals surface area contributed by atoms with Crippen LogP contribution in [0.5, 0.6) is 0 Å². The summed E-state index contributed by atoms with van der Waals surface area (Å²) in [6, 6.07) is -0.463. The van der Waals surface area contributed by atoms with Gasteiger partial charge in [0.1, 0.15) is 6.04 Å². The van der Waals surface area contributed by atoms with Gasteiger partial charge in [0.25, 0.3) is 0 Å². The third-order valence-electron chi connectivity index (χ3n) is 2.19. The molecule has 1 unspecified atom stereocenters. The molecule has 0 saturated carbocycles. The highest BCUT2D eigenvalue weighted by Gasteiger charge is 2.15. The molecule has 1 rings (SSSR count). The first-order chi connectivity index (χ1) is 7.13. The summed E-state index contributed by atoms with van der Waals surface area (Å²) < 4.78 is 1.70. The number of carbonyl (C=O) groups is 1. The molecular weight excluding hydrogens is 194 g/mol. The van der Waals surface area contributed by atoms with E-state index in [2.05, 4.69) is 10.4 Å². The Bertz CT molecular complexity index is 322. The van der Waals surface area contributed by atoms with E-state index in [4.69, 9.17) is 5.11 Å². The van der Waals surface area contributed by atoms with Crippen LogP contribution in [0, 0.1) is 0 Å². The Hall–Kier alpha value is -1.36. The van der Waals surface area contributed by atoms with Gasteiger partial charge in [-0.25, -0.2) is 0 Å². The van der Waals surface area contributed by atoms with Crippen molar-refractivity contribution in [2.75, 3.05) is 0 Å². The summed E-state index contributed by atoms with van der Waals surface area (Å²) in [6.45, 7) is 2.52. The van der Waals surface area contributed by atoms with Gasteiger partial charge in [0.05, 0.1) is 6.20 Å². The first kappa shape index (κ1) is 11.7. The molecule has 0 aliphatic carbocycles. The van der Waals surface area contributed by atoms with Gasteiger partial charge in [0, 0.05) is 25.4 Å². The number of carboxylic acids is 1. The second kappa shape index (κ2) is 5.50. The van der Waals surface area contributed by atoms with E-state index < -0.39 is 12.0 Å². The van der Waals surface area contributed by atoms with Gasteiger partial charge >= 0.3 is 5.97 Å². The lowest BCUT2D eigenvalue weighted by Crippen LogP contribution is -2.35. The smallest absolute Gasteiger partial charge is 0.320 e. The Balaban J connectivity index is 2.43. The van der Waals surface area contributed by atoms with Crippen molar-refractivity contribution in [3.05, 3.63) is 18.0 Å². The number of hydrogen-bond acceptors (Lipinski definition) is 3. The van der Waals surface area contributed by atoms with Gasteiger partial charge in [-0.05, 0) is 6.42 Å². The Kier molecular flexibility index (Phi) is 4.30. The predicted octanol–water partition coefficient (Wildman–Crippen LogP) is 0.763.